The van der Waals surface area contributed by atoms with Crippen LogP contribution in [0.25, 0.3) is 0 Å². The highest BCUT2D eigenvalue weighted by molar-refractivity contribution is 5.98. The van der Waals surface area contributed by atoms with Crippen molar-refractivity contribution in [1.82, 2.24) is 5.16 Å². The number of nitrogens with one attached hydrogen (secondary N) is 1. The minimum atomic E-state index is -0.970. The lowest BCUT2D eigenvalue weighted by Gasteiger charge is -2.13. The van der Waals surface area contributed by atoms with E-state index in [9.17, 15) is 9.59 Å². The van der Waals surface area contributed by atoms with Crippen LogP contribution in [-0.2, 0) is 9.53 Å². The van der Waals surface area contributed by atoms with Crippen molar-refractivity contribution in [1.29, 1.82) is 0 Å². The predicted octanol–water partition coefficient (Wildman–Crippen LogP) is 2.48. The number of ether oxygens (including phenoxy) is 2. The van der Waals surface area contributed by atoms with Gasteiger partial charge in [0.1, 0.15) is 17.1 Å². The molecule has 0 saturated carbocycles. The molecule has 0 fully saturated rings. The monoisotopic (exact) mass is 318 g/mol. The van der Waals surface area contributed by atoms with Gasteiger partial charge in [-0.15, -0.1) is 0 Å². The number of methoxy groups -OCH3 is 1. The van der Waals surface area contributed by atoms with Gasteiger partial charge >= 0.3 is 5.97 Å². The summed E-state index contributed by atoms with van der Waals surface area (Å²) in [6.45, 7) is 4.73. The van der Waals surface area contributed by atoms with Gasteiger partial charge in [-0.3, -0.25) is 4.79 Å². The Balaban J connectivity index is 2.01. The Morgan fingerprint density at radius 2 is 2.04 bits per heavy atom. The fraction of sp³-hybridized carbons (Fsp3) is 0.312. The number of aromatic nitrogens is 1. The van der Waals surface area contributed by atoms with Gasteiger partial charge in [-0.2, -0.15) is 0 Å². The number of rotatable bonds is 5. The molecule has 1 aromatic heterocycles. The molecule has 0 unspecified atom stereocenters. The maximum Gasteiger partial charge on any atom is 0.344 e. The van der Waals surface area contributed by atoms with Crippen LogP contribution in [0.4, 0.5) is 5.69 Å². The first-order valence-electron chi connectivity index (χ1n) is 7.01. The van der Waals surface area contributed by atoms with Crippen LogP contribution in [0.2, 0.25) is 0 Å². The first-order valence-corrected chi connectivity index (χ1v) is 7.01. The van der Waals surface area contributed by atoms with Crippen molar-refractivity contribution < 1.29 is 23.6 Å². The van der Waals surface area contributed by atoms with Gasteiger partial charge in [-0.1, -0.05) is 11.2 Å². The van der Waals surface area contributed by atoms with Gasteiger partial charge < -0.3 is 19.3 Å². The molecule has 0 radical (unpaired) electrons. The smallest absolute Gasteiger partial charge is 0.344 e. The third-order valence-electron chi connectivity index (χ3n) is 3.23. The Bertz CT molecular complexity index is 704. The highest BCUT2D eigenvalue weighted by Crippen LogP contribution is 2.18. The molecule has 0 aliphatic carbocycles. The largest absolute Gasteiger partial charge is 0.497 e. The number of anilines is 1. The number of esters is 1. The molecule has 2 rings (SSSR count). The van der Waals surface area contributed by atoms with E-state index in [2.05, 4.69) is 10.5 Å². The van der Waals surface area contributed by atoms with Gasteiger partial charge in [-0.05, 0) is 32.9 Å². The number of aryl methyl sites for hydroxylation is 2. The maximum atomic E-state index is 12.1. The second kappa shape index (κ2) is 6.95. The fourth-order valence-electron chi connectivity index (χ4n) is 1.99. The summed E-state index contributed by atoms with van der Waals surface area (Å²) in [6, 6.07) is 6.88. The van der Waals surface area contributed by atoms with Gasteiger partial charge in [0.15, 0.2) is 6.10 Å². The van der Waals surface area contributed by atoms with E-state index in [4.69, 9.17) is 14.0 Å². The van der Waals surface area contributed by atoms with E-state index < -0.39 is 18.0 Å². The van der Waals surface area contributed by atoms with Crippen LogP contribution in [-0.4, -0.2) is 30.2 Å². The average Bonchev–Trinajstić information content (AvgIpc) is 2.86. The zero-order valence-electron chi connectivity index (χ0n) is 13.4. The van der Waals surface area contributed by atoms with E-state index in [0.29, 0.717) is 22.9 Å². The first-order chi connectivity index (χ1) is 10.9. The normalized spacial score (nSPS) is 11.7. The minimum Gasteiger partial charge on any atom is -0.497 e. The Kier molecular flexibility index (Phi) is 5.00. The first kappa shape index (κ1) is 16.5. The van der Waals surface area contributed by atoms with Gasteiger partial charge in [-0.25, -0.2) is 4.79 Å². The third-order valence-corrected chi connectivity index (χ3v) is 3.23. The van der Waals surface area contributed by atoms with Crippen LogP contribution in [0, 0.1) is 13.8 Å². The van der Waals surface area contributed by atoms with Gasteiger partial charge in [0.05, 0.1) is 12.8 Å². The summed E-state index contributed by atoms with van der Waals surface area (Å²) < 4.78 is 15.2. The van der Waals surface area contributed by atoms with E-state index >= 15 is 0 Å². The van der Waals surface area contributed by atoms with Crippen molar-refractivity contribution in [2.24, 2.45) is 0 Å². The molecule has 1 N–H and O–H groups in total. The lowest BCUT2D eigenvalue weighted by Crippen LogP contribution is -2.30. The number of benzene rings is 1. The highest BCUT2D eigenvalue weighted by Gasteiger charge is 2.24. The summed E-state index contributed by atoms with van der Waals surface area (Å²) in [6.07, 6.45) is -0.970. The lowest BCUT2D eigenvalue weighted by atomic mass is 10.2. The number of carbonyl (C=O) groups is 2. The molecule has 0 aliphatic heterocycles. The predicted molar refractivity (Wildman–Crippen MR) is 82.5 cm³/mol. The number of hydrogen-bond acceptors (Lipinski definition) is 6. The SMILES string of the molecule is COc1cccc(NC(=O)[C@H](C)OC(=O)c2c(C)noc2C)c1. The number of nitrogens with zero attached hydrogens (tertiary/aromatic N) is 1. The van der Waals surface area contributed by atoms with Crippen molar-refractivity contribution in [2.45, 2.75) is 26.9 Å². The highest BCUT2D eigenvalue weighted by atomic mass is 16.5. The molecule has 0 saturated heterocycles. The van der Waals surface area contributed by atoms with Crippen LogP contribution in [0.15, 0.2) is 28.8 Å². The van der Waals surface area contributed by atoms with Crippen LogP contribution < -0.4 is 10.1 Å². The summed E-state index contributed by atoms with van der Waals surface area (Å²) in [4.78, 5) is 24.2. The standard InChI is InChI=1S/C16H18N2O5/c1-9-14(10(2)23-18-9)16(20)22-11(3)15(19)17-12-6-5-7-13(8-12)21-4/h5-8,11H,1-4H3,(H,17,19)/t11-/m0/s1. The Labute approximate surface area is 133 Å². The molecule has 0 aliphatic rings. The molecule has 7 heteroatoms. The van der Waals surface area contributed by atoms with Gasteiger partial charge in [0, 0.05) is 11.8 Å². The molecule has 0 bridgehead atoms. The number of amides is 1. The van der Waals surface area contributed by atoms with Crippen LogP contribution in [0.1, 0.15) is 28.7 Å². The molecular formula is C16H18N2O5. The third kappa shape index (κ3) is 3.88. The zero-order chi connectivity index (χ0) is 17.0. The average molecular weight is 318 g/mol. The Hall–Kier alpha value is -2.83. The second-order valence-corrected chi connectivity index (χ2v) is 4.97. The van der Waals surface area contributed by atoms with Crippen molar-refractivity contribution in [3.8, 4) is 5.75 Å². The zero-order valence-corrected chi connectivity index (χ0v) is 13.4. The van der Waals surface area contributed by atoms with Crippen molar-refractivity contribution in [3.63, 3.8) is 0 Å². The molecule has 1 heterocycles. The van der Waals surface area contributed by atoms with Gasteiger partial charge in [0.2, 0.25) is 0 Å². The van der Waals surface area contributed by atoms with E-state index in [-0.39, 0.29) is 5.56 Å². The molecular weight excluding hydrogens is 300 g/mol. The summed E-state index contributed by atoms with van der Waals surface area (Å²) in [5, 5.41) is 6.35. The molecule has 2 aromatic rings. The summed E-state index contributed by atoms with van der Waals surface area (Å²) >= 11 is 0. The molecule has 0 spiro atoms. The van der Waals surface area contributed by atoms with E-state index in [1.54, 1.807) is 38.1 Å². The maximum absolute atomic E-state index is 12.1. The Morgan fingerprint density at radius 3 is 2.65 bits per heavy atom. The number of hydrogen-bond donors (Lipinski definition) is 1. The second-order valence-electron chi connectivity index (χ2n) is 4.97. The van der Waals surface area contributed by atoms with E-state index in [0.717, 1.165) is 0 Å². The molecule has 1 aromatic carbocycles. The quantitative estimate of drug-likeness (QED) is 0.852. The summed E-state index contributed by atoms with van der Waals surface area (Å²) in [7, 11) is 1.54. The van der Waals surface area contributed by atoms with Crippen LogP contribution in [0.3, 0.4) is 0 Å². The van der Waals surface area contributed by atoms with Crippen molar-refractivity contribution >= 4 is 17.6 Å². The van der Waals surface area contributed by atoms with Gasteiger partial charge in [0.25, 0.3) is 5.91 Å². The van der Waals surface area contributed by atoms with E-state index in [1.165, 1.54) is 14.0 Å². The molecule has 7 nitrogen and oxygen atoms in total. The van der Waals surface area contributed by atoms with Crippen LogP contribution in [0.5, 0.6) is 5.75 Å². The fourth-order valence-corrected chi connectivity index (χ4v) is 1.99. The summed E-state index contributed by atoms with van der Waals surface area (Å²) in [5.41, 5.74) is 1.22. The summed E-state index contributed by atoms with van der Waals surface area (Å²) in [5.74, 6) is -0.121. The van der Waals surface area contributed by atoms with Crippen molar-refractivity contribution in [3.05, 3.63) is 41.3 Å². The molecule has 1 amide bonds. The van der Waals surface area contributed by atoms with E-state index in [1.807, 2.05) is 0 Å². The lowest BCUT2D eigenvalue weighted by molar-refractivity contribution is -0.123. The number of carbonyl (C=O) groups excluding carboxylic acids is 2. The topological polar surface area (TPSA) is 90.7 Å². The minimum absolute atomic E-state index is 0.242. The Morgan fingerprint density at radius 1 is 1.30 bits per heavy atom. The van der Waals surface area contributed by atoms with Crippen LogP contribution >= 0.6 is 0 Å². The molecule has 23 heavy (non-hydrogen) atoms. The molecule has 122 valence electrons. The van der Waals surface area contributed by atoms with Crippen molar-refractivity contribution in [2.75, 3.05) is 12.4 Å². The molecule has 1 atom stereocenters.